The van der Waals surface area contributed by atoms with E-state index in [1.165, 1.54) is 28.7 Å². The second-order valence-electron chi connectivity index (χ2n) is 6.31. The molecule has 1 aliphatic heterocycles. The summed E-state index contributed by atoms with van der Waals surface area (Å²) in [6.45, 7) is 11.1. The van der Waals surface area contributed by atoms with E-state index < -0.39 is 0 Å². The Morgan fingerprint density at radius 1 is 1.10 bits per heavy atom. The minimum atomic E-state index is 0.00685. The number of nitrogens with one attached hydrogen (secondary N) is 1. The molecule has 0 fully saturated rings. The van der Waals surface area contributed by atoms with Crippen molar-refractivity contribution in [2.75, 3.05) is 4.90 Å². The molecule has 2 heteroatoms. The van der Waals surface area contributed by atoms with Crippen LogP contribution in [0.15, 0.2) is 42.1 Å². The van der Waals surface area contributed by atoms with Crippen molar-refractivity contribution in [3.8, 4) is 0 Å². The predicted molar refractivity (Wildman–Crippen MR) is 92.6 cm³/mol. The molecule has 1 heterocycles. The van der Waals surface area contributed by atoms with Crippen molar-refractivity contribution >= 4 is 11.9 Å². The minimum absolute atomic E-state index is 0.00685. The summed E-state index contributed by atoms with van der Waals surface area (Å²) < 4.78 is 0. The van der Waals surface area contributed by atoms with Crippen LogP contribution in [-0.2, 0) is 0 Å². The maximum absolute atomic E-state index is 7.78. The molecule has 0 spiro atoms. The Morgan fingerprint density at radius 3 is 2.14 bits per heavy atom. The van der Waals surface area contributed by atoms with E-state index in [1.807, 2.05) is 0 Å². The highest BCUT2D eigenvalue weighted by atomic mass is 15.2. The molecule has 1 unspecified atom stereocenters. The van der Waals surface area contributed by atoms with Gasteiger partial charge in [0.15, 0.2) is 0 Å². The van der Waals surface area contributed by atoms with Crippen molar-refractivity contribution in [2.45, 2.75) is 52.5 Å². The fourth-order valence-corrected chi connectivity index (χ4v) is 2.96. The second kappa shape index (κ2) is 6.30. The standard InChI is InChI=1S/C19H26N2/c1-13(2)17-10-7-11-18(14(3)4)19(17)21-15(5)8-6-9-16(21)12-20/h6-14,16,20H,1-5H3. The first-order chi connectivity index (χ1) is 9.97. The van der Waals surface area contributed by atoms with Gasteiger partial charge in [-0.2, -0.15) is 0 Å². The Bertz CT molecular complexity index is 553. The van der Waals surface area contributed by atoms with E-state index in [-0.39, 0.29) is 6.04 Å². The lowest BCUT2D eigenvalue weighted by atomic mass is 9.90. The summed E-state index contributed by atoms with van der Waals surface area (Å²) in [7, 11) is 0. The molecule has 112 valence electrons. The molecule has 0 aromatic heterocycles. The highest BCUT2D eigenvalue weighted by Crippen LogP contribution is 2.38. The molecular formula is C19H26N2. The molecule has 0 saturated heterocycles. The zero-order valence-corrected chi connectivity index (χ0v) is 13.7. The minimum Gasteiger partial charge on any atom is -0.333 e. The van der Waals surface area contributed by atoms with Crippen LogP contribution in [0.25, 0.3) is 0 Å². The smallest absolute Gasteiger partial charge is 0.0870 e. The van der Waals surface area contributed by atoms with Gasteiger partial charge in [-0.1, -0.05) is 58.0 Å². The first kappa shape index (κ1) is 15.6. The summed E-state index contributed by atoms with van der Waals surface area (Å²) >= 11 is 0. The van der Waals surface area contributed by atoms with Gasteiger partial charge >= 0.3 is 0 Å². The van der Waals surface area contributed by atoms with Crippen LogP contribution in [-0.4, -0.2) is 12.3 Å². The number of hydrogen-bond acceptors (Lipinski definition) is 2. The summed E-state index contributed by atoms with van der Waals surface area (Å²) in [6.07, 6.45) is 7.78. The van der Waals surface area contributed by atoms with Crippen LogP contribution in [0.1, 0.15) is 57.6 Å². The summed E-state index contributed by atoms with van der Waals surface area (Å²) in [5.74, 6) is 0.924. The highest BCUT2D eigenvalue weighted by molar-refractivity contribution is 5.78. The van der Waals surface area contributed by atoms with Crippen molar-refractivity contribution in [1.82, 2.24) is 0 Å². The van der Waals surface area contributed by atoms with E-state index >= 15 is 0 Å². The van der Waals surface area contributed by atoms with Crippen LogP contribution in [0.3, 0.4) is 0 Å². The van der Waals surface area contributed by atoms with Crippen molar-refractivity contribution in [2.24, 2.45) is 0 Å². The molecule has 2 nitrogen and oxygen atoms in total. The first-order valence-electron chi connectivity index (χ1n) is 7.75. The fourth-order valence-electron chi connectivity index (χ4n) is 2.96. The van der Waals surface area contributed by atoms with Crippen molar-refractivity contribution < 1.29 is 0 Å². The van der Waals surface area contributed by atoms with Gasteiger partial charge in [-0.3, -0.25) is 0 Å². The van der Waals surface area contributed by atoms with Gasteiger partial charge in [-0.05, 0) is 36.0 Å². The number of hydrogen-bond donors (Lipinski definition) is 1. The van der Waals surface area contributed by atoms with Gasteiger partial charge in [0.25, 0.3) is 0 Å². The van der Waals surface area contributed by atoms with Gasteiger partial charge in [-0.15, -0.1) is 0 Å². The molecule has 2 rings (SSSR count). The van der Waals surface area contributed by atoms with E-state index in [4.69, 9.17) is 5.41 Å². The number of nitrogens with zero attached hydrogens (tertiary/aromatic N) is 1. The van der Waals surface area contributed by atoms with Crippen LogP contribution >= 0.6 is 0 Å². The number of allylic oxidation sites excluding steroid dienone is 3. The summed E-state index contributed by atoms with van der Waals surface area (Å²) in [6, 6.07) is 6.61. The normalized spacial score (nSPS) is 18.3. The van der Waals surface area contributed by atoms with Crippen LogP contribution in [0.4, 0.5) is 5.69 Å². The zero-order chi connectivity index (χ0) is 15.6. The molecule has 0 saturated carbocycles. The SMILES string of the molecule is CC1=CC=CC(C=N)N1c1c(C(C)C)cccc1C(C)C. The molecule has 1 atom stereocenters. The first-order valence-corrected chi connectivity index (χ1v) is 7.75. The molecule has 1 aliphatic rings. The second-order valence-corrected chi connectivity index (χ2v) is 6.31. The van der Waals surface area contributed by atoms with E-state index in [1.54, 1.807) is 0 Å². The quantitative estimate of drug-likeness (QED) is 0.752. The third-order valence-electron chi connectivity index (χ3n) is 4.08. The highest BCUT2D eigenvalue weighted by Gasteiger charge is 2.25. The van der Waals surface area contributed by atoms with Gasteiger partial charge < -0.3 is 10.3 Å². The molecule has 1 aromatic rings. The van der Waals surface area contributed by atoms with Gasteiger partial charge in [-0.25, -0.2) is 0 Å². The average molecular weight is 282 g/mol. The Balaban J connectivity index is 2.68. The number of benzene rings is 1. The van der Waals surface area contributed by atoms with Gasteiger partial charge in [0, 0.05) is 17.6 Å². The molecule has 0 aliphatic carbocycles. The molecule has 0 radical (unpaired) electrons. The maximum atomic E-state index is 7.78. The van der Waals surface area contributed by atoms with Crippen LogP contribution in [0, 0.1) is 5.41 Å². The number of anilines is 1. The Morgan fingerprint density at radius 2 is 1.67 bits per heavy atom. The van der Waals surface area contributed by atoms with Gasteiger partial charge in [0.05, 0.1) is 6.04 Å². The zero-order valence-electron chi connectivity index (χ0n) is 13.7. The van der Waals surface area contributed by atoms with E-state index in [2.05, 4.69) is 75.9 Å². The van der Waals surface area contributed by atoms with E-state index in [0.717, 1.165) is 0 Å². The Hall–Kier alpha value is -1.83. The third-order valence-corrected chi connectivity index (χ3v) is 4.08. The van der Waals surface area contributed by atoms with Crippen LogP contribution < -0.4 is 4.90 Å². The summed E-state index contributed by atoms with van der Waals surface area (Å²) in [5.41, 5.74) is 5.20. The monoisotopic (exact) mass is 282 g/mol. The fraction of sp³-hybridized carbons (Fsp3) is 0.421. The topological polar surface area (TPSA) is 27.1 Å². The van der Waals surface area contributed by atoms with Crippen LogP contribution in [0.5, 0.6) is 0 Å². The molecule has 1 aromatic carbocycles. The maximum Gasteiger partial charge on any atom is 0.0870 e. The number of para-hydroxylation sites is 1. The largest absolute Gasteiger partial charge is 0.333 e. The molecule has 0 amide bonds. The summed E-state index contributed by atoms with van der Waals surface area (Å²) in [4.78, 5) is 2.30. The Kier molecular flexibility index (Phi) is 4.66. The van der Waals surface area contributed by atoms with E-state index in [9.17, 15) is 0 Å². The number of rotatable bonds is 4. The summed E-state index contributed by atoms with van der Waals surface area (Å²) in [5, 5.41) is 7.78. The molecular weight excluding hydrogens is 256 g/mol. The van der Waals surface area contributed by atoms with Gasteiger partial charge in [0.1, 0.15) is 0 Å². The lowest BCUT2D eigenvalue weighted by molar-refractivity contribution is 0.800. The average Bonchev–Trinajstić information content (AvgIpc) is 2.46. The Labute approximate surface area is 128 Å². The lowest BCUT2D eigenvalue weighted by Gasteiger charge is -2.37. The molecule has 0 bridgehead atoms. The predicted octanol–water partition coefficient (Wildman–Crippen LogP) is 5.23. The van der Waals surface area contributed by atoms with Crippen molar-refractivity contribution in [3.05, 3.63) is 53.3 Å². The van der Waals surface area contributed by atoms with Crippen molar-refractivity contribution in [1.29, 1.82) is 5.41 Å². The third kappa shape index (κ3) is 2.94. The van der Waals surface area contributed by atoms with E-state index in [0.29, 0.717) is 11.8 Å². The van der Waals surface area contributed by atoms with Gasteiger partial charge in [0.2, 0.25) is 0 Å². The molecule has 1 N–H and O–H groups in total. The lowest BCUT2D eigenvalue weighted by Crippen LogP contribution is -2.36. The van der Waals surface area contributed by atoms with Crippen LogP contribution in [0.2, 0.25) is 0 Å². The van der Waals surface area contributed by atoms with Crippen molar-refractivity contribution in [3.63, 3.8) is 0 Å². The molecule has 21 heavy (non-hydrogen) atoms.